The molecule has 1 atom stereocenters. The van der Waals surface area contributed by atoms with Crippen molar-refractivity contribution in [3.63, 3.8) is 0 Å². The van der Waals surface area contributed by atoms with Crippen LogP contribution in [0.1, 0.15) is 12.5 Å². The van der Waals surface area contributed by atoms with Crippen molar-refractivity contribution in [1.82, 2.24) is 0 Å². The Bertz CT molecular complexity index is 317. The normalized spacial score (nSPS) is 12.5. The number of alkyl halides is 1. The SMILES string of the molecule is COC(C)COc1ccc(CBr)cc1F. The molecule has 0 saturated carbocycles. The van der Waals surface area contributed by atoms with Crippen LogP contribution in [0.2, 0.25) is 0 Å². The molecule has 0 N–H and O–H groups in total. The smallest absolute Gasteiger partial charge is 0.165 e. The highest BCUT2D eigenvalue weighted by Gasteiger charge is 2.06. The zero-order valence-corrected chi connectivity index (χ0v) is 10.4. The number of ether oxygens (including phenoxy) is 2. The van der Waals surface area contributed by atoms with E-state index in [-0.39, 0.29) is 17.7 Å². The van der Waals surface area contributed by atoms with Crippen LogP contribution in [0.3, 0.4) is 0 Å². The lowest BCUT2D eigenvalue weighted by Crippen LogP contribution is -2.16. The second-order valence-corrected chi connectivity index (χ2v) is 3.82. The predicted octanol–water partition coefficient (Wildman–Crippen LogP) is 3.13. The second-order valence-electron chi connectivity index (χ2n) is 3.26. The summed E-state index contributed by atoms with van der Waals surface area (Å²) in [5.74, 6) is -0.0705. The fourth-order valence-corrected chi connectivity index (χ4v) is 1.37. The Morgan fingerprint density at radius 3 is 2.73 bits per heavy atom. The summed E-state index contributed by atoms with van der Waals surface area (Å²) >= 11 is 3.26. The lowest BCUT2D eigenvalue weighted by atomic mass is 10.2. The Morgan fingerprint density at radius 1 is 1.47 bits per heavy atom. The second kappa shape index (κ2) is 6.08. The maximum Gasteiger partial charge on any atom is 0.165 e. The zero-order chi connectivity index (χ0) is 11.3. The molecule has 2 nitrogen and oxygen atoms in total. The first-order chi connectivity index (χ1) is 7.17. The van der Waals surface area contributed by atoms with E-state index in [0.717, 1.165) is 5.56 Å². The number of hydrogen-bond acceptors (Lipinski definition) is 2. The fourth-order valence-electron chi connectivity index (χ4n) is 1.02. The standard InChI is InChI=1S/C11H14BrFO2/c1-8(14-2)7-15-11-4-3-9(6-12)5-10(11)13/h3-5,8H,6-7H2,1-2H3. The van der Waals surface area contributed by atoms with Crippen LogP contribution in [-0.2, 0) is 10.1 Å². The summed E-state index contributed by atoms with van der Waals surface area (Å²) in [6, 6.07) is 4.92. The van der Waals surface area contributed by atoms with Gasteiger partial charge in [-0.05, 0) is 24.6 Å². The third kappa shape index (κ3) is 3.80. The van der Waals surface area contributed by atoms with E-state index in [1.54, 1.807) is 13.2 Å². The predicted molar refractivity (Wildman–Crippen MR) is 61.0 cm³/mol. The molecule has 1 unspecified atom stereocenters. The Balaban J connectivity index is 2.62. The van der Waals surface area contributed by atoms with Crippen molar-refractivity contribution >= 4 is 15.9 Å². The molecule has 84 valence electrons. The number of benzene rings is 1. The third-order valence-corrected chi connectivity index (χ3v) is 2.67. The van der Waals surface area contributed by atoms with Crippen molar-refractivity contribution in [3.8, 4) is 5.75 Å². The van der Waals surface area contributed by atoms with E-state index in [0.29, 0.717) is 11.9 Å². The summed E-state index contributed by atoms with van der Waals surface area (Å²) in [5.41, 5.74) is 0.889. The van der Waals surface area contributed by atoms with E-state index in [1.807, 2.05) is 13.0 Å². The molecule has 0 amide bonds. The van der Waals surface area contributed by atoms with E-state index in [9.17, 15) is 4.39 Å². The Labute approximate surface area is 97.5 Å². The lowest BCUT2D eigenvalue weighted by Gasteiger charge is -2.12. The van der Waals surface area contributed by atoms with Gasteiger partial charge in [0.15, 0.2) is 11.6 Å². The Kier molecular flexibility index (Phi) is 5.05. The molecule has 0 saturated heterocycles. The monoisotopic (exact) mass is 276 g/mol. The van der Waals surface area contributed by atoms with Crippen LogP contribution in [-0.4, -0.2) is 19.8 Å². The van der Waals surface area contributed by atoms with Crippen LogP contribution >= 0.6 is 15.9 Å². The van der Waals surface area contributed by atoms with Gasteiger partial charge in [0.1, 0.15) is 6.61 Å². The van der Waals surface area contributed by atoms with Gasteiger partial charge in [0, 0.05) is 12.4 Å². The molecule has 0 aliphatic rings. The molecule has 0 aromatic heterocycles. The fraction of sp³-hybridized carbons (Fsp3) is 0.455. The van der Waals surface area contributed by atoms with Gasteiger partial charge in [-0.3, -0.25) is 0 Å². The quantitative estimate of drug-likeness (QED) is 0.770. The summed E-state index contributed by atoms with van der Waals surface area (Å²) in [6.45, 7) is 2.21. The van der Waals surface area contributed by atoms with Gasteiger partial charge in [-0.25, -0.2) is 4.39 Å². The largest absolute Gasteiger partial charge is 0.488 e. The highest BCUT2D eigenvalue weighted by molar-refractivity contribution is 9.08. The molecule has 1 aromatic rings. The number of rotatable bonds is 5. The maximum atomic E-state index is 13.4. The molecule has 0 fully saturated rings. The summed E-state index contributed by atoms with van der Waals surface area (Å²) in [4.78, 5) is 0. The highest BCUT2D eigenvalue weighted by Crippen LogP contribution is 2.19. The van der Waals surface area contributed by atoms with Crippen LogP contribution in [0.4, 0.5) is 4.39 Å². The van der Waals surface area contributed by atoms with E-state index in [4.69, 9.17) is 9.47 Å². The summed E-state index contributed by atoms with van der Waals surface area (Å²) in [5, 5.41) is 0.638. The molecular weight excluding hydrogens is 263 g/mol. The van der Waals surface area contributed by atoms with Crippen LogP contribution < -0.4 is 4.74 Å². The van der Waals surface area contributed by atoms with E-state index in [1.165, 1.54) is 6.07 Å². The molecule has 0 aliphatic carbocycles. The van der Waals surface area contributed by atoms with Crippen molar-refractivity contribution in [2.45, 2.75) is 18.4 Å². The first-order valence-corrected chi connectivity index (χ1v) is 5.79. The molecular formula is C11H14BrFO2. The van der Waals surface area contributed by atoms with E-state index in [2.05, 4.69) is 15.9 Å². The number of methoxy groups -OCH3 is 1. The molecule has 0 radical (unpaired) electrons. The molecule has 15 heavy (non-hydrogen) atoms. The minimum atomic E-state index is -0.338. The number of hydrogen-bond donors (Lipinski definition) is 0. The van der Waals surface area contributed by atoms with Crippen molar-refractivity contribution in [1.29, 1.82) is 0 Å². The molecule has 1 aromatic carbocycles. The molecule has 0 spiro atoms. The van der Waals surface area contributed by atoms with Crippen molar-refractivity contribution in [2.24, 2.45) is 0 Å². The zero-order valence-electron chi connectivity index (χ0n) is 8.80. The maximum absolute atomic E-state index is 13.4. The molecule has 0 heterocycles. The third-order valence-electron chi connectivity index (χ3n) is 2.03. The van der Waals surface area contributed by atoms with Crippen molar-refractivity contribution < 1.29 is 13.9 Å². The summed E-state index contributed by atoms with van der Waals surface area (Å²) in [6.07, 6.45) is -0.0414. The average Bonchev–Trinajstić information content (AvgIpc) is 2.26. The van der Waals surface area contributed by atoms with Gasteiger partial charge in [0.25, 0.3) is 0 Å². The van der Waals surface area contributed by atoms with Gasteiger partial charge in [-0.15, -0.1) is 0 Å². The Morgan fingerprint density at radius 2 is 2.20 bits per heavy atom. The van der Waals surface area contributed by atoms with Crippen LogP contribution in [0.25, 0.3) is 0 Å². The van der Waals surface area contributed by atoms with Crippen LogP contribution in [0.5, 0.6) is 5.75 Å². The van der Waals surface area contributed by atoms with Gasteiger partial charge in [-0.2, -0.15) is 0 Å². The van der Waals surface area contributed by atoms with Gasteiger partial charge in [-0.1, -0.05) is 22.0 Å². The number of halogens is 2. The van der Waals surface area contributed by atoms with Crippen molar-refractivity contribution in [3.05, 3.63) is 29.6 Å². The lowest BCUT2D eigenvalue weighted by molar-refractivity contribution is 0.0702. The summed E-state index contributed by atoms with van der Waals surface area (Å²) < 4.78 is 23.7. The molecule has 1 rings (SSSR count). The topological polar surface area (TPSA) is 18.5 Å². The van der Waals surface area contributed by atoms with Crippen LogP contribution in [0.15, 0.2) is 18.2 Å². The van der Waals surface area contributed by atoms with Gasteiger partial charge in [0.05, 0.1) is 6.10 Å². The first kappa shape index (κ1) is 12.5. The van der Waals surface area contributed by atoms with E-state index < -0.39 is 0 Å². The van der Waals surface area contributed by atoms with Gasteiger partial charge in [0.2, 0.25) is 0 Å². The van der Waals surface area contributed by atoms with Gasteiger partial charge < -0.3 is 9.47 Å². The van der Waals surface area contributed by atoms with E-state index >= 15 is 0 Å². The molecule has 0 aliphatic heterocycles. The Hall–Kier alpha value is -0.610. The van der Waals surface area contributed by atoms with Crippen molar-refractivity contribution in [2.75, 3.05) is 13.7 Å². The summed E-state index contributed by atoms with van der Waals surface area (Å²) in [7, 11) is 1.60. The van der Waals surface area contributed by atoms with Crippen LogP contribution in [0, 0.1) is 5.82 Å². The first-order valence-electron chi connectivity index (χ1n) is 4.67. The molecule has 4 heteroatoms. The highest BCUT2D eigenvalue weighted by atomic mass is 79.9. The average molecular weight is 277 g/mol. The molecule has 0 bridgehead atoms. The minimum Gasteiger partial charge on any atom is -0.488 e. The minimum absolute atomic E-state index is 0.0414. The van der Waals surface area contributed by atoms with Gasteiger partial charge >= 0.3 is 0 Å².